The second-order valence-electron chi connectivity index (χ2n) is 1.50. The fourth-order valence-corrected chi connectivity index (χ4v) is 0.500. The van der Waals surface area contributed by atoms with Gasteiger partial charge in [-0.15, -0.1) is 0 Å². The van der Waals surface area contributed by atoms with E-state index < -0.39 is 37.1 Å². The maximum Gasteiger partial charge on any atom is 0.0476 e. The van der Waals surface area contributed by atoms with Gasteiger partial charge in [0.25, 0.3) is 0 Å². The van der Waals surface area contributed by atoms with Crippen LogP contribution in [-0.2, 0) is 0 Å². The first-order valence-corrected chi connectivity index (χ1v) is 2.25. The lowest BCUT2D eigenvalue weighted by atomic mass is 9.99. The van der Waals surface area contributed by atoms with Gasteiger partial charge in [-0.3, -0.25) is 0 Å². The molecule has 2 heteroatoms. The summed E-state index contributed by atoms with van der Waals surface area (Å²) in [7, 11) is 0. The molecule has 0 amide bonds. The lowest BCUT2D eigenvalue weighted by Gasteiger charge is -2.29. The Morgan fingerprint density at radius 2 is 1.38 bits per heavy atom. The lowest BCUT2D eigenvalue weighted by Crippen LogP contribution is -2.43. The minimum absolute atomic E-state index is 0.492. The zero-order chi connectivity index (χ0) is 12.6. The zero-order valence-corrected chi connectivity index (χ0v) is 4.00. The summed E-state index contributed by atoms with van der Waals surface area (Å²) in [5.41, 5.74) is -0.984. The summed E-state index contributed by atoms with van der Waals surface area (Å²) in [5, 5.41) is 3.96. The van der Waals surface area contributed by atoms with Gasteiger partial charge in [0.1, 0.15) is 0 Å². The molecule has 8 heavy (non-hydrogen) atoms. The molecular weight excluding hydrogens is 100 g/mol. The molecule has 0 spiro atoms. The lowest BCUT2D eigenvalue weighted by molar-refractivity contribution is 0.590. The Balaban J connectivity index is 2.55. The predicted molar refractivity (Wildman–Crippen MR) is 32.8 cm³/mol. The van der Waals surface area contributed by atoms with E-state index in [1.165, 1.54) is 0 Å². The minimum Gasteiger partial charge on any atom is -0.309 e. The van der Waals surface area contributed by atoms with Crippen molar-refractivity contribution < 1.29 is 11.0 Å². The van der Waals surface area contributed by atoms with Crippen LogP contribution in [0, 0.1) is 0 Å². The first-order valence-electron chi connectivity index (χ1n) is 6.25. The van der Waals surface area contributed by atoms with Gasteiger partial charge in [0.15, 0.2) is 0 Å². The highest BCUT2D eigenvalue weighted by Crippen LogP contribution is 2.11. The Morgan fingerprint density at radius 3 is 1.62 bits per heavy atom. The van der Waals surface area contributed by atoms with Gasteiger partial charge in [0, 0.05) is 37.0 Å². The molecule has 2 aliphatic rings. The van der Waals surface area contributed by atoms with Gasteiger partial charge in [-0.2, -0.15) is 0 Å². The summed E-state index contributed by atoms with van der Waals surface area (Å²) in [4.78, 5) is 0. The Labute approximate surface area is 60.2 Å². The minimum atomic E-state index is -2.21. The van der Waals surface area contributed by atoms with Crippen LogP contribution in [0.3, 0.4) is 0 Å². The van der Waals surface area contributed by atoms with E-state index in [2.05, 4.69) is 0 Å². The molecule has 44 valence electrons. The van der Waals surface area contributed by atoms with Crippen LogP contribution >= 0.6 is 0 Å². The molecule has 2 fully saturated rings. The smallest absolute Gasteiger partial charge is 0.0476 e. The molecule has 2 heterocycles. The summed E-state index contributed by atoms with van der Waals surface area (Å²) >= 11 is 0. The van der Waals surface area contributed by atoms with Crippen LogP contribution in [0.15, 0.2) is 11.1 Å². The van der Waals surface area contributed by atoms with Gasteiger partial charge < -0.3 is 10.6 Å². The van der Waals surface area contributed by atoms with Crippen LogP contribution in [0.1, 0.15) is 11.0 Å². The summed E-state index contributed by atoms with van der Waals surface area (Å²) in [6.07, 6.45) is 0. The quantitative estimate of drug-likeness (QED) is 0.419. The Hall–Kier alpha value is -0.340. The summed E-state index contributed by atoms with van der Waals surface area (Å²) in [6, 6.07) is 0. The van der Waals surface area contributed by atoms with E-state index >= 15 is 0 Å². The van der Waals surface area contributed by atoms with E-state index in [0.29, 0.717) is 0 Å². The molecule has 0 aromatic carbocycles. The van der Waals surface area contributed by atoms with Gasteiger partial charge in [-0.05, 0) is 11.1 Å². The van der Waals surface area contributed by atoms with Crippen molar-refractivity contribution in [2.75, 3.05) is 26.0 Å². The standard InChI is InChI=1S/C6H10N2/c1-5(2-7-1)6-3-8-4-6/h7-8H,1-4H2/i1D2,2D2,3D2,4D2. The Kier molecular flexibility index (Phi) is 0.240. The average molecular weight is 118 g/mol. The van der Waals surface area contributed by atoms with Crippen molar-refractivity contribution >= 4 is 0 Å². The molecule has 2 nitrogen and oxygen atoms in total. The zero-order valence-electron chi connectivity index (χ0n) is 12.0. The number of nitrogens with one attached hydrogen (secondary N) is 2. The van der Waals surface area contributed by atoms with Crippen LogP contribution in [0.4, 0.5) is 0 Å². The molecule has 0 aromatic rings. The average Bonchev–Trinajstić information content (AvgIpc) is 1.95. The second-order valence-corrected chi connectivity index (χ2v) is 1.50. The van der Waals surface area contributed by atoms with Gasteiger partial charge in [-0.25, -0.2) is 0 Å². The third-order valence-electron chi connectivity index (χ3n) is 1.00. The van der Waals surface area contributed by atoms with E-state index in [-0.39, 0.29) is 0 Å². The third-order valence-corrected chi connectivity index (χ3v) is 1.00. The molecule has 0 atom stereocenters. The van der Waals surface area contributed by atoms with Crippen molar-refractivity contribution in [3.63, 3.8) is 0 Å². The van der Waals surface area contributed by atoms with E-state index in [1.54, 1.807) is 0 Å². The van der Waals surface area contributed by atoms with Gasteiger partial charge in [0.2, 0.25) is 0 Å². The van der Waals surface area contributed by atoms with Crippen molar-refractivity contribution in [3.05, 3.63) is 11.1 Å². The number of hydrogen-bond acceptors (Lipinski definition) is 2. The first-order chi connectivity index (χ1) is 6.90. The topological polar surface area (TPSA) is 24.1 Å². The van der Waals surface area contributed by atoms with Crippen molar-refractivity contribution in [2.45, 2.75) is 0 Å². The molecule has 0 bridgehead atoms. The van der Waals surface area contributed by atoms with Crippen molar-refractivity contribution in [1.82, 2.24) is 10.6 Å². The Morgan fingerprint density at radius 1 is 1.00 bits per heavy atom. The van der Waals surface area contributed by atoms with Crippen molar-refractivity contribution in [1.29, 1.82) is 0 Å². The molecule has 2 rings (SSSR count). The molecule has 0 aliphatic carbocycles. The van der Waals surface area contributed by atoms with Crippen LogP contribution < -0.4 is 10.6 Å². The van der Waals surface area contributed by atoms with Crippen molar-refractivity contribution in [3.8, 4) is 0 Å². The van der Waals surface area contributed by atoms with Crippen LogP contribution in [0.5, 0.6) is 0 Å². The highest BCUT2D eigenvalue weighted by Gasteiger charge is 2.17. The van der Waals surface area contributed by atoms with E-state index in [4.69, 9.17) is 11.0 Å². The third kappa shape index (κ3) is 0.501. The highest BCUT2D eigenvalue weighted by atomic mass is 15.0. The maximum atomic E-state index is 7.40. The highest BCUT2D eigenvalue weighted by molar-refractivity contribution is 5.28. The fraction of sp³-hybridized carbons (Fsp3) is 0.667. The molecule has 0 unspecified atom stereocenters. The van der Waals surface area contributed by atoms with Gasteiger partial charge >= 0.3 is 0 Å². The fourth-order valence-electron chi connectivity index (χ4n) is 0.500. The predicted octanol–water partition coefficient (Wildman–Crippen LogP) is -0.511. The van der Waals surface area contributed by atoms with Crippen LogP contribution in [0.25, 0.3) is 0 Å². The van der Waals surface area contributed by atoms with E-state index in [0.717, 1.165) is 0 Å². The van der Waals surface area contributed by atoms with Crippen LogP contribution in [0.2, 0.25) is 0 Å². The summed E-state index contributed by atoms with van der Waals surface area (Å²) in [6.45, 7) is -8.83. The molecule has 2 N–H and O–H groups in total. The first kappa shape index (κ1) is 1.22. The maximum absolute atomic E-state index is 7.40. The van der Waals surface area contributed by atoms with E-state index in [9.17, 15) is 0 Å². The largest absolute Gasteiger partial charge is 0.309 e. The molecule has 0 saturated carbocycles. The Bertz CT molecular complexity index is 316. The molecule has 2 aliphatic heterocycles. The number of hydrogen-bond donors (Lipinski definition) is 2. The summed E-state index contributed by atoms with van der Waals surface area (Å²) in [5.74, 6) is 0. The SMILES string of the molecule is [2H]C1([2H])NC([2H])([2H])C1=C1C([2H])([2H])NC1([2H])[2H]. The van der Waals surface area contributed by atoms with Crippen molar-refractivity contribution in [2.24, 2.45) is 0 Å². The molecule has 2 saturated heterocycles. The second kappa shape index (κ2) is 1.57. The normalized spacial score (nSPS) is 67.0. The molecule has 0 aromatic heterocycles. The molecule has 0 radical (unpaired) electrons. The van der Waals surface area contributed by atoms with Gasteiger partial charge in [-0.1, -0.05) is 0 Å². The summed E-state index contributed by atoms with van der Waals surface area (Å²) < 4.78 is 59.2. The molecular formula is C6H10N2. The number of rotatable bonds is 0. The monoisotopic (exact) mass is 118 g/mol. The van der Waals surface area contributed by atoms with E-state index in [1.807, 2.05) is 10.6 Å². The van der Waals surface area contributed by atoms with Gasteiger partial charge in [0.05, 0.1) is 0 Å². The van der Waals surface area contributed by atoms with Crippen LogP contribution in [-0.4, -0.2) is 26.0 Å².